The summed E-state index contributed by atoms with van der Waals surface area (Å²) >= 11 is 0. The molecule has 0 aromatic carbocycles. The van der Waals surface area contributed by atoms with Crippen LogP contribution in [0.3, 0.4) is 0 Å². The van der Waals surface area contributed by atoms with E-state index in [1.54, 1.807) is 0 Å². The van der Waals surface area contributed by atoms with Gasteiger partial charge in [0.05, 0.1) is 6.04 Å². The Morgan fingerprint density at radius 3 is 2.33 bits per heavy atom. The number of nitrogens with two attached hydrogens (primary N) is 2. The molecule has 3 nitrogen and oxygen atoms in total. The Balaban J connectivity index is 3.63. The molecule has 0 rings (SSSR count). The topological polar surface area (TPSA) is 69.1 Å². The summed E-state index contributed by atoms with van der Waals surface area (Å²) in [6, 6.07) is -0.567. The number of carbonyl (C=O) groups is 1. The molecule has 0 aromatic heterocycles. The van der Waals surface area contributed by atoms with Gasteiger partial charge in [0.15, 0.2) is 0 Å². The minimum absolute atomic E-state index is 0.474. The van der Waals surface area contributed by atoms with E-state index in [-0.39, 0.29) is 0 Å². The maximum Gasteiger partial charge on any atom is 0.234 e. The van der Waals surface area contributed by atoms with Crippen LogP contribution in [0.1, 0.15) is 13.3 Å². The van der Waals surface area contributed by atoms with Crippen molar-refractivity contribution in [3.8, 4) is 0 Å². The van der Waals surface area contributed by atoms with Gasteiger partial charge in [0, 0.05) is 0 Å². The van der Waals surface area contributed by atoms with Crippen LogP contribution in [-0.2, 0) is 4.79 Å². The zero-order chi connectivity index (χ0) is 7.44. The highest BCUT2D eigenvalue weighted by molar-refractivity contribution is 5.79. The number of hydrogen-bond donors (Lipinski definition) is 2. The Morgan fingerprint density at radius 1 is 1.78 bits per heavy atom. The third-order valence-electron chi connectivity index (χ3n) is 0.934. The number of amides is 1. The maximum atomic E-state index is 10.3. The molecule has 1 unspecified atom stereocenters. The summed E-state index contributed by atoms with van der Waals surface area (Å²) in [6.45, 7) is 5.40. The molecule has 0 heterocycles. The van der Waals surface area contributed by atoms with Gasteiger partial charge in [0.25, 0.3) is 0 Å². The number of carbonyl (C=O) groups excluding carboxylic acids is 1. The highest BCUT2D eigenvalue weighted by Crippen LogP contribution is 1.97. The van der Waals surface area contributed by atoms with Crippen molar-refractivity contribution in [3.05, 3.63) is 12.2 Å². The number of primary amides is 1. The molecule has 3 heteroatoms. The predicted octanol–water partition coefficient (Wildman–Crippen LogP) is -0.235. The molecule has 0 fully saturated rings. The van der Waals surface area contributed by atoms with Crippen molar-refractivity contribution in [2.45, 2.75) is 19.4 Å². The van der Waals surface area contributed by atoms with Crippen LogP contribution in [0.15, 0.2) is 12.2 Å². The molecule has 1 atom stereocenters. The quantitative estimate of drug-likeness (QED) is 0.515. The molecule has 0 spiro atoms. The molecule has 0 aliphatic carbocycles. The van der Waals surface area contributed by atoms with Crippen molar-refractivity contribution in [2.75, 3.05) is 0 Å². The summed E-state index contributed by atoms with van der Waals surface area (Å²) in [5.74, 6) is -0.474. The van der Waals surface area contributed by atoms with Gasteiger partial charge in [0.1, 0.15) is 0 Å². The van der Waals surface area contributed by atoms with Gasteiger partial charge in [-0.15, -0.1) is 6.58 Å². The third kappa shape index (κ3) is 3.73. The standard InChI is InChI=1S/C6H12N2O/c1-4(2)3-5(7)6(8)9/h5H,1,3,7H2,2H3,(H2,8,9). The molecule has 0 aliphatic rings. The van der Waals surface area contributed by atoms with Crippen molar-refractivity contribution in [2.24, 2.45) is 11.5 Å². The Bertz CT molecular complexity index is 131. The minimum Gasteiger partial charge on any atom is -0.368 e. The lowest BCUT2D eigenvalue weighted by Gasteiger charge is -2.04. The van der Waals surface area contributed by atoms with Gasteiger partial charge < -0.3 is 11.5 Å². The molecule has 4 N–H and O–H groups in total. The summed E-state index contributed by atoms with van der Waals surface area (Å²) in [4.78, 5) is 10.3. The molecule has 0 radical (unpaired) electrons. The van der Waals surface area contributed by atoms with Crippen LogP contribution in [0.25, 0.3) is 0 Å². The van der Waals surface area contributed by atoms with E-state index in [1.165, 1.54) is 0 Å². The summed E-state index contributed by atoms with van der Waals surface area (Å²) in [6.07, 6.45) is 0.481. The first-order chi connectivity index (χ1) is 4.04. The van der Waals surface area contributed by atoms with Crippen molar-refractivity contribution in [1.29, 1.82) is 0 Å². The van der Waals surface area contributed by atoms with Gasteiger partial charge in [0.2, 0.25) is 5.91 Å². The van der Waals surface area contributed by atoms with E-state index in [1.807, 2.05) is 6.92 Å². The lowest BCUT2D eigenvalue weighted by molar-refractivity contribution is -0.119. The molecular formula is C6H12N2O. The Labute approximate surface area is 54.7 Å². The summed E-state index contributed by atoms with van der Waals surface area (Å²) in [5.41, 5.74) is 11.0. The Hall–Kier alpha value is -0.830. The average molecular weight is 128 g/mol. The van der Waals surface area contributed by atoms with Crippen molar-refractivity contribution < 1.29 is 4.79 Å². The average Bonchev–Trinajstić information content (AvgIpc) is 1.63. The number of rotatable bonds is 3. The Morgan fingerprint density at radius 2 is 2.22 bits per heavy atom. The largest absolute Gasteiger partial charge is 0.368 e. The van der Waals surface area contributed by atoms with E-state index >= 15 is 0 Å². The molecule has 52 valence electrons. The zero-order valence-corrected chi connectivity index (χ0v) is 5.55. The van der Waals surface area contributed by atoms with Crippen LogP contribution < -0.4 is 11.5 Å². The van der Waals surface area contributed by atoms with E-state index in [2.05, 4.69) is 6.58 Å². The second kappa shape index (κ2) is 3.25. The molecule has 0 saturated heterocycles. The van der Waals surface area contributed by atoms with E-state index < -0.39 is 11.9 Å². The van der Waals surface area contributed by atoms with Gasteiger partial charge in [-0.25, -0.2) is 0 Å². The van der Waals surface area contributed by atoms with Crippen molar-refractivity contribution in [1.82, 2.24) is 0 Å². The van der Waals surface area contributed by atoms with E-state index in [0.29, 0.717) is 6.42 Å². The monoisotopic (exact) mass is 128 g/mol. The zero-order valence-electron chi connectivity index (χ0n) is 5.55. The highest BCUT2D eigenvalue weighted by atomic mass is 16.1. The fraction of sp³-hybridized carbons (Fsp3) is 0.500. The predicted molar refractivity (Wildman–Crippen MR) is 36.6 cm³/mol. The second-order valence-corrected chi connectivity index (χ2v) is 2.17. The minimum atomic E-state index is -0.567. The van der Waals surface area contributed by atoms with Crippen molar-refractivity contribution >= 4 is 5.91 Å². The first-order valence-electron chi connectivity index (χ1n) is 2.73. The van der Waals surface area contributed by atoms with Crippen LogP contribution in [0.4, 0.5) is 0 Å². The van der Waals surface area contributed by atoms with E-state index in [9.17, 15) is 4.79 Å². The summed E-state index contributed by atoms with van der Waals surface area (Å²) < 4.78 is 0. The molecule has 0 aromatic rings. The fourth-order valence-electron chi connectivity index (χ4n) is 0.476. The molecular weight excluding hydrogens is 116 g/mol. The van der Waals surface area contributed by atoms with Crippen LogP contribution in [0.2, 0.25) is 0 Å². The SMILES string of the molecule is C=C(C)CC(N)C(N)=O. The molecule has 0 saturated carbocycles. The smallest absolute Gasteiger partial charge is 0.234 e. The van der Waals surface area contributed by atoms with Gasteiger partial charge in [-0.1, -0.05) is 5.57 Å². The normalized spacial score (nSPS) is 12.7. The fourth-order valence-corrected chi connectivity index (χ4v) is 0.476. The molecule has 1 amide bonds. The van der Waals surface area contributed by atoms with Crippen LogP contribution in [-0.4, -0.2) is 11.9 Å². The van der Waals surface area contributed by atoms with Gasteiger partial charge in [-0.2, -0.15) is 0 Å². The highest BCUT2D eigenvalue weighted by Gasteiger charge is 2.07. The van der Waals surface area contributed by atoms with Crippen LogP contribution in [0, 0.1) is 0 Å². The first-order valence-corrected chi connectivity index (χ1v) is 2.73. The molecule has 0 bridgehead atoms. The van der Waals surface area contributed by atoms with Crippen molar-refractivity contribution in [3.63, 3.8) is 0 Å². The van der Waals surface area contributed by atoms with E-state index in [4.69, 9.17) is 11.5 Å². The van der Waals surface area contributed by atoms with Gasteiger partial charge in [-0.3, -0.25) is 4.79 Å². The van der Waals surface area contributed by atoms with E-state index in [0.717, 1.165) is 5.57 Å². The lowest BCUT2D eigenvalue weighted by Crippen LogP contribution is -2.36. The summed E-state index contributed by atoms with van der Waals surface area (Å²) in [7, 11) is 0. The maximum absolute atomic E-state index is 10.3. The van der Waals surface area contributed by atoms with Crippen LogP contribution >= 0.6 is 0 Å². The van der Waals surface area contributed by atoms with Gasteiger partial charge >= 0.3 is 0 Å². The lowest BCUT2D eigenvalue weighted by atomic mass is 10.1. The number of hydrogen-bond acceptors (Lipinski definition) is 2. The van der Waals surface area contributed by atoms with Crippen LogP contribution in [0.5, 0.6) is 0 Å². The summed E-state index contributed by atoms with van der Waals surface area (Å²) in [5, 5.41) is 0. The molecule has 0 aliphatic heterocycles. The van der Waals surface area contributed by atoms with Gasteiger partial charge in [-0.05, 0) is 13.3 Å². The molecule has 9 heavy (non-hydrogen) atoms. The first kappa shape index (κ1) is 8.17. The third-order valence-corrected chi connectivity index (χ3v) is 0.934. The Kier molecular flexibility index (Phi) is 2.95. The second-order valence-electron chi connectivity index (χ2n) is 2.17.